The van der Waals surface area contributed by atoms with Crippen molar-refractivity contribution in [2.75, 3.05) is 5.43 Å². The molecule has 5 heteroatoms. The number of aryl methyl sites for hydroxylation is 1. The van der Waals surface area contributed by atoms with Crippen molar-refractivity contribution in [3.63, 3.8) is 0 Å². The number of rotatable bonds is 4. The molecule has 0 heterocycles. The van der Waals surface area contributed by atoms with Gasteiger partial charge in [0.1, 0.15) is 0 Å². The average Bonchev–Trinajstić information content (AvgIpc) is 2.85. The van der Waals surface area contributed by atoms with Crippen LogP contribution in [0.1, 0.15) is 37.3 Å². The molecule has 0 aromatic heterocycles. The van der Waals surface area contributed by atoms with Crippen LogP contribution in [0.25, 0.3) is 0 Å². The average molecular weight is 334 g/mol. The van der Waals surface area contributed by atoms with E-state index in [0.29, 0.717) is 0 Å². The molecule has 0 unspecified atom stereocenters. The Kier molecular flexibility index (Phi) is 5.57. The third-order valence-corrected chi connectivity index (χ3v) is 4.14. The molecule has 5 nitrogen and oxygen atoms in total. The van der Waals surface area contributed by atoms with Gasteiger partial charge in [0, 0.05) is 12.5 Å². The lowest BCUT2D eigenvalue weighted by Gasteiger charge is -2.09. The number of carbonyl (C=O) groups excluding carboxylic acids is 1. The summed E-state index contributed by atoms with van der Waals surface area (Å²) in [4.78, 5) is 11.8. The van der Waals surface area contributed by atoms with E-state index in [4.69, 9.17) is 0 Å². The highest BCUT2D eigenvalue weighted by Gasteiger charge is 2.14. The Balaban J connectivity index is 1.79. The lowest BCUT2D eigenvalue weighted by molar-refractivity contribution is -0.111. The summed E-state index contributed by atoms with van der Waals surface area (Å²) in [6.45, 7) is 1.47. The highest BCUT2D eigenvalue weighted by atomic mass is 16.1. The van der Waals surface area contributed by atoms with E-state index in [2.05, 4.69) is 39.3 Å². The molecule has 0 amide bonds. The molecule has 0 radical (unpaired) electrons. The number of nitrogens with zero attached hydrogens (tertiary/aromatic N) is 2. The molecule has 1 aliphatic rings. The van der Waals surface area contributed by atoms with Crippen LogP contribution in [0.5, 0.6) is 0 Å². The molecular formula is C20H22N4O. The quantitative estimate of drug-likeness (QED) is 0.388. The van der Waals surface area contributed by atoms with Gasteiger partial charge < -0.3 is 0 Å². The molecule has 128 valence electrons. The maximum atomic E-state index is 11.8. The van der Waals surface area contributed by atoms with Crippen molar-refractivity contribution in [2.24, 2.45) is 10.2 Å². The van der Waals surface area contributed by atoms with E-state index in [1.807, 2.05) is 36.4 Å². The second kappa shape index (κ2) is 8.24. The summed E-state index contributed by atoms with van der Waals surface area (Å²) in [6, 6.07) is 17.8. The fraction of sp³-hybridized carbons (Fsp3) is 0.250. The monoisotopic (exact) mass is 334 g/mol. The number of benzene rings is 2. The molecule has 0 saturated carbocycles. The molecule has 0 saturated heterocycles. The van der Waals surface area contributed by atoms with E-state index < -0.39 is 0 Å². The zero-order valence-corrected chi connectivity index (χ0v) is 14.3. The van der Waals surface area contributed by atoms with Crippen LogP contribution >= 0.6 is 0 Å². The highest BCUT2D eigenvalue weighted by molar-refractivity contribution is 6.38. The fourth-order valence-electron chi connectivity index (χ4n) is 2.81. The van der Waals surface area contributed by atoms with Crippen LogP contribution < -0.4 is 10.9 Å². The second-order valence-electron chi connectivity index (χ2n) is 6.03. The van der Waals surface area contributed by atoms with Crippen molar-refractivity contribution in [2.45, 2.75) is 32.6 Å². The molecule has 2 aromatic carbocycles. The van der Waals surface area contributed by atoms with E-state index >= 15 is 0 Å². The maximum Gasteiger partial charge on any atom is 0.209 e. The van der Waals surface area contributed by atoms with Crippen LogP contribution in [-0.2, 0) is 11.2 Å². The van der Waals surface area contributed by atoms with Crippen LogP contribution in [0, 0.1) is 0 Å². The predicted molar refractivity (Wildman–Crippen MR) is 102 cm³/mol. The van der Waals surface area contributed by atoms with Crippen molar-refractivity contribution < 1.29 is 4.79 Å². The topological polar surface area (TPSA) is 65.8 Å². The first kappa shape index (κ1) is 16.9. The lowest BCUT2D eigenvalue weighted by Crippen LogP contribution is -2.28. The van der Waals surface area contributed by atoms with E-state index in [0.717, 1.165) is 42.6 Å². The standard InChI is InChI=1S/C20H22N4O/c1-15(25)20(23-21-17-11-3-2-4-12-17)24-22-19-14-8-6-10-16-9-5-7-13-18(16)19/h2-5,7,9,11-13,21H,6,8,10,14H2,1H3,(H,23,24)/b22-19+. The first-order valence-electron chi connectivity index (χ1n) is 8.54. The predicted octanol–water partition coefficient (Wildman–Crippen LogP) is 3.72. The minimum absolute atomic E-state index is 0.172. The van der Waals surface area contributed by atoms with Gasteiger partial charge >= 0.3 is 0 Å². The summed E-state index contributed by atoms with van der Waals surface area (Å²) >= 11 is 0. The number of amidine groups is 1. The normalized spacial score (nSPS) is 16.0. The Hall–Kier alpha value is -2.95. The number of hydrogen-bond donors (Lipinski definition) is 2. The minimum atomic E-state index is -0.172. The number of nitrogens with one attached hydrogen (secondary N) is 2. The van der Waals surface area contributed by atoms with Gasteiger partial charge in [-0.3, -0.25) is 15.6 Å². The molecule has 0 fully saturated rings. The zero-order chi connectivity index (χ0) is 17.5. The fourth-order valence-corrected chi connectivity index (χ4v) is 2.81. The Morgan fingerprint density at radius 2 is 1.68 bits per heavy atom. The molecule has 0 spiro atoms. The number of carbonyl (C=O) groups is 1. The maximum absolute atomic E-state index is 11.8. The largest absolute Gasteiger partial charge is 0.291 e. The van der Waals surface area contributed by atoms with Crippen LogP contribution in [0.2, 0.25) is 0 Å². The first-order chi connectivity index (χ1) is 12.2. The van der Waals surface area contributed by atoms with Gasteiger partial charge in [-0.15, -0.1) is 0 Å². The summed E-state index contributed by atoms with van der Waals surface area (Å²) in [5.74, 6) is 0.0211. The first-order valence-corrected chi connectivity index (χ1v) is 8.54. The molecule has 0 bridgehead atoms. The number of para-hydroxylation sites is 1. The molecule has 0 atom stereocenters. The van der Waals surface area contributed by atoms with Gasteiger partial charge in [0.25, 0.3) is 0 Å². The number of hydrogen-bond acceptors (Lipinski definition) is 4. The van der Waals surface area contributed by atoms with Crippen LogP contribution in [-0.4, -0.2) is 17.3 Å². The number of anilines is 1. The van der Waals surface area contributed by atoms with Crippen LogP contribution in [0.3, 0.4) is 0 Å². The molecule has 1 aliphatic carbocycles. The lowest BCUT2D eigenvalue weighted by atomic mass is 10.0. The Bertz CT molecular complexity index is 796. The van der Waals surface area contributed by atoms with Gasteiger partial charge in [-0.1, -0.05) is 42.5 Å². The van der Waals surface area contributed by atoms with E-state index in [9.17, 15) is 4.79 Å². The van der Waals surface area contributed by atoms with Crippen molar-refractivity contribution in [3.8, 4) is 0 Å². The smallest absolute Gasteiger partial charge is 0.209 e. The van der Waals surface area contributed by atoms with Gasteiger partial charge in [-0.05, 0) is 43.4 Å². The van der Waals surface area contributed by atoms with Crippen LogP contribution in [0.4, 0.5) is 5.69 Å². The van der Waals surface area contributed by atoms with E-state index in [1.165, 1.54) is 12.5 Å². The molecule has 2 aromatic rings. The number of fused-ring (bicyclic) bond motifs is 1. The summed E-state index contributed by atoms with van der Waals surface area (Å²) in [6.07, 6.45) is 4.20. The van der Waals surface area contributed by atoms with Gasteiger partial charge in [-0.25, -0.2) is 0 Å². The Labute approximate surface area is 147 Å². The summed E-state index contributed by atoms with van der Waals surface area (Å²) in [7, 11) is 0. The third kappa shape index (κ3) is 4.53. The third-order valence-electron chi connectivity index (χ3n) is 4.14. The van der Waals surface area contributed by atoms with Crippen molar-refractivity contribution in [1.29, 1.82) is 0 Å². The van der Waals surface area contributed by atoms with Gasteiger partial charge in [0.05, 0.1) is 11.4 Å². The van der Waals surface area contributed by atoms with E-state index in [-0.39, 0.29) is 11.6 Å². The van der Waals surface area contributed by atoms with Crippen molar-refractivity contribution in [1.82, 2.24) is 5.43 Å². The minimum Gasteiger partial charge on any atom is -0.291 e. The number of hydrazone groups is 2. The molecule has 2 N–H and O–H groups in total. The van der Waals surface area contributed by atoms with Gasteiger partial charge in [0.2, 0.25) is 5.84 Å². The second-order valence-corrected chi connectivity index (χ2v) is 6.03. The molecule has 0 aliphatic heterocycles. The van der Waals surface area contributed by atoms with Crippen molar-refractivity contribution in [3.05, 3.63) is 65.7 Å². The van der Waals surface area contributed by atoms with Crippen molar-refractivity contribution >= 4 is 23.0 Å². The van der Waals surface area contributed by atoms with Crippen LogP contribution in [0.15, 0.2) is 64.8 Å². The highest BCUT2D eigenvalue weighted by Crippen LogP contribution is 2.20. The molecule has 3 rings (SSSR count). The SMILES string of the molecule is CC(=O)/C(=N\Nc1ccccc1)N/N=C1\CCCCc2ccccc21. The summed E-state index contributed by atoms with van der Waals surface area (Å²) < 4.78 is 0. The van der Waals surface area contributed by atoms with Gasteiger partial charge in [0.15, 0.2) is 5.78 Å². The summed E-state index contributed by atoms with van der Waals surface area (Å²) in [5, 5.41) is 8.65. The van der Waals surface area contributed by atoms with Gasteiger partial charge in [-0.2, -0.15) is 10.2 Å². The Morgan fingerprint density at radius 3 is 2.48 bits per heavy atom. The summed E-state index contributed by atoms with van der Waals surface area (Å²) in [5.41, 5.74) is 9.99. The number of Topliss-reactive ketones (excluding diaryl/α,β-unsaturated/α-hetero) is 1. The molecular weight excluding hydrogens is 312 g/mol. The zero-order valence-electron chi connectivity index (χ0n) is 14.3. The Morgan fingerprint density at radius 1 is 0.960 bits per heavy atom. The number of ketones is 1. The molecule has 25 heavy (non-hydrogen) atoms. The van der Waals surface area contributed by atoms with E-state index in [1.54, 1.807) is 0 Å².